The fraction of sp³-hybridized carbons (Fsp3) is 0.500. The summed E-state index contributed by atoms with van der Waals surface area (Å²) in [5, 5.41) is 9.64. The summed E-state index contributed by atoms with van der Waals surface area (Å²) >= 11 is 3.18. The first kappa shape index (κ1) is 16.2. The fourth-order valence-corrected chi connectivity index (χ4v) is 3.74. The molecule has 0 aliphatic heterocycles. The van der Waals surface area contributed by atoms with Crippen LogP contribution < -0.4 is 0 Å². The number of fused-ring (bicyclic) bond motifs is 1. The van der Waals surface area contributed by atoms with Crippen molar-refractivity contribution in [3.05, 3.63) is 18.5 Å². The Labute approximate surface area is 132 Å². The highest BCUT2D eigenvalue weighted by molar-refractivity contribution is 7.99. The molecule has 0 fully saturated rings. The summed E-state index contributed by atoms with van der Waals surface area (Å²) < 4.78 is 2.14. The molecule has 1 atom stereocenters. The maximum absolute atomic E-state index is 10.8. The second kappa shape index (κ2) is 7.70. The van der Waals surface area contributed by atoms with Gasteiger partial charge in [-0.05, 0) is 30.9 Å². The quantitative estimate of drug-likeness (QED) is 0.593. The molecule has 1 N–H and O–H groups in total. The molecule has 5 nitrogen and oxygen atoms in total. The largest absolute Gasteiger partial charge is 0.481 e. The molecule has 0 saturated heterocycles. The van der Waals surface area contributed by atoms with Crippen LogP contribution in [0.3, 0.4) is 0 Å². The van der Waals surface area contributed by atoms with Crippen molar-refractivity contribution < 1.29 is 9.90 Å². The first-order valence-corrected chi connectivity index (χ1v) is 9.01. The summed E-state index contributed by atoms with van der Waals surface area (Å²) in [7, 11) is 0. The van der Waals surface area contributed by atoms with Crippen LogP contribution in [-0.4, -0.2) is 42.9 Å². The number of rotatable bonds is 8. The van der Waals surface area contributed by atoms with Crippen LogP contribution in [0.5, 0.6) is 0 Å². The van der Waals surface area contributed by atoms with E-state index in [0.717, 1.165) is 34.1 Å². The van der Waals surface area contributed by atoms with Gasteiger partial charge in [0.15, 0.2) is 5.16 Å². The van der Waals surface area contributed by atoms with Crippen molar-refractivity contribution in [2.75, 3.05) is 17.3 Å². The molecule has 0 bridgehead atoms. The van der Waals surface area contributed by atoms with E-state index in [2.05, 4.69) is 28.4 Å². The molecule has 21 heavy (non-hydrogen) atoms. The molecule has 114 valence electrons. The molecular formula is C14H19N3O2S2. The van der Waals surface area contributed by atoms with E-state index in [1.165, 1.54) is 11.8 Å². The van der Waals surface area contributed by atoms with Crippen molar-refractivity contribution in [1.82, 2.24) is 14.5 Å². The van der Waals surface area contributed by atoms with Crippen LogP contribution >= 0.6 is 23.5 Å². The van der Waals surface area contributed by atoms with Gasteiger partial charge >= 0.3 is 5.97 Å². The molecule has 0 spiro atoms. The van der Waals surface area contributed by atoms with Gasteiger partial charge in [0.2, 0.25) is 0 Å². The summed E-state index contributed by atoms with van der Waals surface area (Å²) in [6.45, 7) is 4.31. The normalized spacial score (nSPS) is 12.7. The van der Waals surface area contributed by atoms with Gasteiger partial charge < -0.3 is 9.67 Å². The molecule has 7 heteroatoms. The SMILES string of the molecule is CCSCCC(C)n1c(SCC(=O)O)nc2cnccc21. The molecule has 0 radical (unpaired) electrons. The molecule has 0 saturated carbocycles. The lowest BCUT2D eigenvalue weighted by Crippen LogP contribution is -2.09. The number of pyridine rings is 1. The van der Waals surface area contributed by atoms with Gasteiger partial charge in [-0.25, -0.2) is 4.98 Å². The number of carbonyl (C=O) groups is 1. The molecule has 1 unspecified atom stereocenters. The lowest BCUT2D eigenvalue weighted by molar-refractivity contribution is -0.133. The van der Waals surface area contributed by atoms with E-state index in [0.29, 0.717) is 0 Å². The molecule has 2 heterocycles. The number of imidazole rings is 1. The summed E-state index contributed by atoms with van der Waals surface area (Å²) in [5.74, 6) is 1.39. The summed E-state index contributed by atoms with van der Waals surface area (Å²) in [4.78, 5) is 19.4. The maximum atomic E-state index is 10.8. The van der Waals surface area contributed by atoms with Gasteiger partial charge in [-0.2, -0.15) is 11.8 Å². The van der Waals surface area contributed by atoms with Crippen LogP contribution in [0.1, 0.15) is 26.3 Å². The zero-order valence-corrected chi connectivity index (χ0v) is 13.8. The van der Waals surface area contributed by atoms with E-state index in [9.17, 15) is 4.79 Å². The first-order chi connectivity index (χ1) is 10.1. The van der Waals surface area contributed by atoms with Crippen LogP contribution in [-0.2, 0) is 4.79 Å². The Morgan fingerprint density at radius 1 is 1.52 bits per heavy atom. The number of nitrogens with zero attached hydrogens (tertiary/aromatic N) is 3. The van der Waals surface area contributed by atoms with Crippen molar-refractivity contribution >= 4 is 40.5 Å². The average Bonchev–Trinajstić information content (AvgIpc) is 2.83. The van der Waals surface area contributed by atoms with E-state index in [1.807, 2.05) is 17.8 Å². The third-order valence-electron chi connectivity index (χ3n) is 3.11. The number of thioether (sulfide) groups is 2. The Kier molecular flexibility index (Phi) is 5.93. The Balaban J connectivity index is 2.28. The standard InChI is InChI=1S/C14H19N3O2S2/c1-3-20-7-5-10(2)17-12-4-6-15-8-11(12)16-14(17)21-9-13(18)19/h4,6,8,10H,3,5,7,9H2,1-2H3,(H,18,19). The van der Waals surface area contributed by atoms with Gasteiger partial charge in [0, 0.05) is 12.2 Å². The molecule has 2 aromatic heterocycles. The Bertz CT molecular complexity index is 615. The number of aliphatic carboxylic acids is 1. The Morgan fingerprint density at radius 2 is 2.33 bits per heavy atom. The van der Waals surface area contributed by atoms with Crippen molar-refractivity contribution in [3.63, 3.8) is 0 Å². The smallest absolute Gasteiger partial charge is 0.313 e. The molecule has 2 aromatic rings. The lowest BCUT2D eigenvalue weighted by Gasteiger charge is -2.16. The predicted octanol–water partition coefficient (Wildman–Crippen LogP) is 3.31. The minimum absolute atomic E-state index is 0.0210. The third-order valence-corrected chi connectivity index (χ3v) is 4.98. The monoisotopic (exact) mass is 325 g/mol. The van der Waals surface area contributed by atoms with Gasteiger partial charge in [0.05, 0.1) is 17.5 Å². The zero-order chi connectivity index (χ0) is 15.2. The van der Waals surface area contributed by atoms with Crippen LogP contribution in [0, 0.1) is 0 Å². The highest BCUT2D eigenvalue weighted by Gasteiger charge is 2.17. The van der Waals surface area contributed by atoms with E-state index >= 15 is 0 Å². The summed E-state index contributed by atoms with van der Waals surface area (Å²) in [6.07, 6.45) is 4.51. The highest BCUT2D eigenvalue weighted by atomic mass is 32.2. The van der Waals surface area contributed by atoms with Crippen LogP contribution in [0.25, 0.3) is 11.0 Å². The molecule has 2 rings (SSSR count). The number of carboxylic acid groups (broad SMARTS) is 1. The second-order valence-corrected chi connectivity index (χ2v) is 6.98. The number of aromatic nitrogens is 3. The zero-order valence-electron chi connectivity index (χ0n) is 12.2. The minimum Gasteiger partial charge on any atom is -0.481 e. The summed E-state index contributed by atoms with van der Waals surface area (Å²) in [5.41, 5.74) is 1.84. The predicted molar refractivity (Wildman–Crippen MR) is 88.2 cm³/mol. The van der Waals surface area contributed by atoms with E-state index in [-0.39, 0.29) is 11.8 Å². The number of hydrogen-bond donors (Lipinski definition) is 1. The number of carboxylic acids is 1. The van der Waals surface area contributed by atoms with Gasteiger partial charge in [-0.15, -0.1) is 0 Å². The van der Waals surface area contributed by atoms with Gasteiger partial charge in [0.25, 0.3) is 0 Å². The van der Waals surface area contributed by atoms with Crippen LogP contribution in [0.2, 0.25) is 0 Å². The van der Waals surface area contributed by atoms with Crippen LogP contribution in [0.4, 0.5) is 0 Å². The Hall–Kier alpha value is -1.21. The van der Waals surface area contributed by atoms with Crippen molar-refractivity contribution in [3.8, 4) is 0 Å². The molecule has 0 aromatic carbocycles. The molecule has 0 aliphatic carbocycles. The van der Waals surface area contributed by atoms with Crippen molar-refractivity contribution in [2.45, 2.75) is 31.5 Å². The average molecular weight is 325 g/mol. The van der Waals surface area contributed by atoms with Crippen molar-refractivity contribution in [1.29, 1.82) is 0 Å². The maximum Gasteiger partial charge on any atom is 0.313 e. The molecule has 0 aliphatic rings. The van der Waals surface area contributed by atoms with Gasteiger partial charge in [-0.3, -0.25) is 9.78 Å². The minimum atomic E-state index is -0.828. The highest BCUT2D eigenvalue weighted by Crippen LogP contribution is 2.29. The lowest BCUT2D eigenvalue weighted by atomic mass is 10.2. The second-order valence-electron chi connectivity index (χ2n) is 4.65. The topological polar surface area (TPSA) is 68.0 Å². The van der Waals surface area contributed by atoms with E-state index < -0.39 is 5.97 Å². The van der Waals surface area contributed by atoms with Crippen molar-refractivity contribution in [2.24, 2.45) is 0 Å². The molecular weight excluding hydrogens is 306 g/mol. The number of hydrogen-bond acceptors (Lipinski definition) is 5. The third kappa shape index (κ3) is 4.14. The van der Waals surface area contributed by atoms with Crippen LogP contribution in [0.15, 0.2) is 23.6 Å². The first-order valence-electron chi connectivity index (χ1n) is 6.87. The fourth-order valence-electron chi connectivity index (χ4n) is 2.11. The summed E-state index contributed by atoms with van der Waals surface area (Å²) in [6, 6.07) is 2.23. The van der Waals surface area contributed by atoms with Gasteiger partial charge in [-0.1, -0.05) is 18.7 Å². The van der Waals surface area contributed by atoms with E-state index in [4.69, 9.17) is 5.11 Å². The van der Waals surface area contributed by atoms with Gasteiger partial charge in [0.1, 0.15) is 5.52 Å². The molecule has 0 amide bonds. The Morgan fingerprint density at radius 3 is 3.05 bits per heavy atom. The van der Waals surface area contributed by atoms with E-state index in [1.54, 1.807) is 12.4 Å².